The Kier molecular flexibility index (Phi) is 29.5. The number of ether oxygens (including phenoxy) is 15. The van der Waals surface area contributed by atoms with Crippen molar-refractivity contribution in [1.29, 1.82) is 0 Å². The summed E-state index contributed by atoms with van der Waals surface area (Å²) in [6.45, 7) is -0.270. The van der Waals surface area contributed by atoms with Gasteiger partial charge in [0.25, 0.3) is 0 Å². The molecule has 0 unspecified atom stereocenters. The average molecular weight is 1390 g/mol. The third kappa shape index (κ3) is 18.8. The minimum absolute atomic E-state index is 0.216. The number of aliphatic hydroxyl groups excluding tert-OH is 20. The molecule has 38 nitrogen and oxygen atoms in total. The first-order valence-corrected chi connectivity index (χ1v) is 32.2. The predicted molar refractivity (Wildman–Crippen MR) is 305 cm³/mol. The van der Waals surface area contributed by atoms with Crippen LogP contribution in [0.4, 0.5) is 4.79 Å². The van der Waals surface area contributed by atoms with E-state index >= 15 is 0 Å². The van der Waals surface area contributed by atoms with Gasteiger partial charge in [-0.05, 0) is 40.2 Å². The second-order valence-corrected chi connectivity index (χ2v) is 25.9. The van der Waals surface area contributed by atoms with Crippen molar-refractivity contribution < 1.29 is 178 Å². The third-order valence-corrected chi connectivity index (χ3v) is 17.9. The molecule has 14 bridgehead atoms. The van der Waals surface area contributed by atoms with E-state index in [0.717, 1.165) is 44.9 Å². The topological polar surface area (TPSA) is 584 Å². The van der Waals surface area contributed by atoms with Crippen LogP contribution >= 0.6 is 0 Å². The molecule has 554 valence electrons. The number of alkyl carbamates (subject to hydrolysis) is 1. The minimum Gasteiger partial charge on any atom is -0.444 e. The lowest BCUT2D eigenvalue weighted by Gasteiger charge is -2.50. The second kappa shape index (κ2) is 35.7. The highest BCUT2D eigenvalue weighted by molar-refractivity contribution is 5.67. The van der Waals surface area contributed by atoms with Gasteiger partial charge in [-0.3, -0.25) is 0 Å². The summed E-state index contributed by atoms with van der Waals surface area (Å²) in [5.74, 6) is 0. The van der Waals surface area contributed by atoms with Crippen LogP contribution < -0.4 is 10.6 Å². The van der Waals surface area contributed by atoms with Crippen molar-refractivity contribution in [3.8, 4) is 0 Å². The van der Waals surface area contributed by atoms with Gasteiger partial charge in [0.05, 0.1) is 39.6 Å². The molecular formula is C57H100N2O36. The molecule has 21 heterocycles. The molecule has 0 aromatic heterocycles. The van der Waals surface area contributed by atoms with Crippen LogP contribution in [0.5, 0.6) is 0 Å². The van der Waals surface area contributed by atoms with Crippen molar-refractivity contribution in [3.63, 3.8) is 0 Å². The zero-order valence-corrected chi connectivity index (χ0v) is 52.7. The van der Waals surface area contributed by atoms with Gasteiger partial charge in [0.15, 0.2) is 44.0 Å². The number of nitrogens with one attached hydrogen (secondary N) is 2. The van der Waals surface area contributed by atoms with E-state index in [1.807, 2.05) is 0 Å². The molecule has 21 rings (SSSR count). The maximum atomic E-state index is 11.9. The van der Waals surface area contributed by atoms with Crippen LogP contribution in [0.1, 0.15) is 72.1 Å². The lowest BCUT2D eigenvalue weighted by atomic mass is 9.95. The molecule has 0 spiro atoms. The van der Waals surface area contributed by atoms with E-state index in [1.54, 1.807) is 20.8 Å². The number of carbonyl (C=O) groups excluding carboxylic acids is 1. The van der Waals surface area contributed by atoms with Crippen molar-refractivity contribution in [2.24, 2.45) is 0 Å². The summed E-state index contributed by atoms with van der Waals surface area (Å²) in [7, 11) is 0. The van der Waals surface area contributed by atoms with Crippen LogP contribution in [0.15, 0.2) is 0 Å². The molecule has 38 heteroatoms. The molecule has 0 aromatic carbocycles. The summed E-state index contributed by atoms with van der Waals surface area (Å²) in [6.07, 6.45) is -63.1. The Morgan fingerprint density at radius 3 is 0.716 bits per heavy atom. The van der Waals surface area contributed by atoms with Crippen LogP contribution in [0.3, 0.4) is 0 Å². The molecular weight excluding hydrogens is 1290 g/mol. The molecule has 21 fully saturated rings. The molecule has 22 N–H and O–H groups in total. The zero-order chi connectivity index (χ0) is 69.3. The van der Waals surface area contributed by atoms with E-state index in [-0.39, 0.29) is 6.54 Å². The van der Waals surface area contributed by atoms with E-state index in [4.69, 9.17) is 71.1 Å². The van der Waals surface area contributed by atoms with Gasteiger partial charge in [-0.2, -0.15) is 0 Å². The smallest absolute Gasteiger partial charge is 0.407 e. The second-order valence-electron chi connectivity index (χ2n) is 25.9. The zero-order valence-electron chi connectivity index (χ0n) is 52.7. The highest BCUT2D eigenvalue weighted by Crippen LogP contribution is 2.39. The number of hydrogen-bond acceptors (Lipinski definition) is 37. The van der Waals surface area contributed by atoms with Crippen LogP contribution in [-0.4, -0.2) is 388 Å². The Bertz CT molecular complexity index is 2260. The standard InChI is InChI=1S/C57H100N2O36/c1-57(2,3)95-56(80)59-13-11-9-7-5-4-6-8-10-12-58-14-21-42-28(66)35(73)49(81-21)89-43-22(15-60)83-51(37(75)30(43)68)91-45-24(17-62)85-53(39(77)32(45)70)93-47-26(19-64)87-55(41(79)34(47)72)94-48-27(20-65)86-54(40(78)33(48)71)92-46-25(18-63)84-52(38(76)31(46)69)90-44-23(16-61)82-50(88-42)36(74)29(44)67/h21-55,58,60-79H,4-20H2,1-3H3,(H,59,80)/t21-,22-,23-,24-,25-,26-,27-,28-,29-,30-,31-,32-,33-,34-,35-,36-,37-,38-,39-,40-,41-,42-,43-,44-,45-,46-,47-,48-,49-,50-,51-,52-,53-,54-,55-/m1/s1. The van der Waals surface area contributed by atoms with Gasteiger partial charge < -0.3 is 184 Å². The van der Waals surface area contributed by atoms with E-state index in [9.17, 15) is 107 Å². The molecule has 1 amide bonds. The Morgan fingerprint density at radius 2 is 0.495 bits per heavy atom. The molecule has 21 saturated heterocycles. The van der Waals surface area contributed by atoms with Gasteiger partial charge in [-0.15, -0.1) is 0 Å². The van der Waals surface area contributed by atoms with E-state index in [2.05, 4.69) is 10.6 Å². The van der Waals surface area contributed by atoms with Gasteiger partial charge in [0.1, 0.15) is 177 Å². The largest absolute Gasteiger partial charge is 0.444 e. The summed E-state index contributed by atoms with van der Waals surface area (Å²) >= 11 is 0. The molecule has 0 aliphatic carbocycles. The molecule has 21 aliphatic heterocycles. The van der Waals surface area contributed by atoms with Gasteiger partial charge >= 0.3 is 6.09 Å². The van der Waals surface area contributed by atoms with Gasteiger partial charge in [0, 0.05) is 13.1 Å². The summed E-state index contributed by atoms with van der Waals surface area (Å²) in [5, 5.41) is 231. The van der Waals surface area contributed by atoms with Crippen molar-refractivity contribution in [3.05, 3.63) is 0 Å². The number of aliphatic hydroxyl groups is 20. The quantitative estimate of drug-likeness (QED) is 0.0534. The SMILES string of the molecule is CC(C)(C)OC(=O)NCCCCCCCCCCNC[C@H]1O[C@@H]2O[C@H]3[C@H](O)[C@@H](O)[C@@H](O[C@H]4[C@H](O)[C@@H](O)[C@@H](O[C@H]5[C@H](O)[C@@H](O)[C@@H](O[C@H]6[C@H](O)[C@@H](O)[C@@H](O[C@H]7[C@H](O)[C@@H](O)[C@@H](O[C@H]8[C@H](O)[C@@H](O)[C@@H](O[C@H]1[C@H](O)[C@H]2O)O[C@@H]8CO)O[C@@H]7CO)O[C@@H]6CO)O[C@@H]5CO)O[C@@H]4CO)O[C@@H]3CO. The monoisotopic (exact) mass is 1390 g/mol. The number of rotatable bonds is 19. The maximum Gasteiger partial charge on any atom is 0.407 e. The normalized spacial score (nSPS) is 47.2. The first-order chi connectivity index (χ1) is 45.2. The van der Waals surface area contributed by atoms with Gasteiger partial charge in [-0.25, -0.2) is 4.79 Å². The van der Waals surface area contributed by atoms with Crippen molar-refractivity contribution in [2.45, 2.75) is 293 Å². The lowest BCUT2D eigenvalue weighted by Crippen LogP contribution is -2.68. The fourth-order valence-electron chi connectivity index (χ4n) is 12.6. The van der Waals surface area contributed by atoms with Crippen molar-refractivity contribution in [1.82, 2.24) is 10.6 Å². The highest BCUT2D eigenvalue weighted by atomic mass is 16.8. The van der Waals surface area contributed by atoms with Crippen molar-refractivity contribution in [2.75, 3.05) is 59.3 Å². The first kappa shape index (κ1) is 78.6. The maximum absolute atomic E-state index is 11.9. The van der Waals surface area contributed by atoms with Crippen molar-refractivity contribution >= 4 is 6.09 Å². The molecule has 0 saturated carbocycles. The molecule has 0 radical (unpaired) electrons. The van der Waals surface area contributed by atoms with E-state index in [1.165, 1.54) is 0 Å². The highest BCUT2D eigenvalue weighted by Gasteiger charge is 2.59. The van der Waals surface area contributed by atoms with Gasteiger partial charge in [-0.1, -0.05) is 38.5 Å². The lowest BCUT2D eigenvalue weighted by molar-refractivity contribution is -0.396. The van der Waals surface area contributed by atoms with Crippen LogP contribution in [0, 0.1) is 0 Å². The predicted octanol–water partition coefficient (Wildman–Crippen LogP) is -11.0. The summed E-state index contributed by atoms with van der Waals surface area (Å²) in [4.78, 5) is 11.9. The van der Waals surface area contributed by atoms with Gasteiger partial charge in [0.2, 0.25) is 0 Å². The van der Waals surface area contributed by atoms with E-state index < -0.39 is 266 Å². The Morgan fingerprint density at radius 1 is 0.295 bits per heavy atom. The molecule has 95 heavy (non-hydrogen) atoms. The Labute approximate surface area is 545 Å². The number of carbonyl (C=O) groups is 1. The number of unbranched alkanes of at least 4 members (excludes halogenated alkanes) is 7. The molecule has 35 atom stereocenters. The number of amides is 1. The Balaban J connectivity index is 1.01. The Hall–Kier alpha value is -2.13. The molecule has 0 aromatic rings. The summed E-state index contributed by atoms with van der Waals surface area (Å²) < 4.78 is 87.1. The fourth-order valence-corrected chi connectivity index (χ4v) is 12.6. The summed E-state index contributed by atoms with van der Waals surface area (Å²) in [6, 6.07) is 0. The minimum atomic E-state index is -2.21. The van der Waals surface area contributed by atoms with E-state index in [0.29, 0.717) is 19.5 Å². The third-order valence-electron chi connectivity index (χ3n) is 17.9. The first-order valence-electron chi connectivity index (χ1n) is 32.2. The van der Waals surface area contributed by atoms with Crippen LogP contribution in [-0.2, 0) is 71.1 Å². The number of hydrogen-bond donors (Lipinski definition) is 22. The fraction of sp³-hybridized carbons (Fsp3) is 0.982. The summed E-state index contributed by atoms with van der Waals surface area (Å²) in [5.41, 5.74) is -0.600. The van der Waals surface area contributed by atoms with Crippen LogP contribution in [0.2, 0.25) is 0 Å². The molecule has 21 aliphatic rings. The average Bonchev–Trinajstić information content (AvgIpc) is 0.790. The van der Waals surface area contributed by atoms with Crippen LogP contribution in [0.25, 0.3) is 0 Å².